The summed E-state index contributed by atoms with van der Waals surface area (Å²) in [4.78, 5) is 0. The van der Waals surface area contributed by atoms with Gasteiger partial charge in [0.25, 0.3) is 0 Å². The summed E-state index contributed by atoms with van der Waals surface area (Å²) in [6, 6.07) is 0. The molecule has 1 atom stereocenters. The first-order valence-corrected chi connectivity index (χ1v) is 5.98. The highest BCUT2D eigenvalue weighted by molar-refractivity contribution is 5.24. The lowest BCUT2D eigenvalue weighted by Crippen LogP contribution is -2.28. The lowest BCUT2D eigenvalue weighted by Gasteiger charge is -2.27. The summed E-state index contributed by atoms with van der Waals surface area (Å²) in [6.07, 6.45) is 10.1. The van der Waals surface area contributed by atoms with E-state index in [9.17, 15) is 0 Å². The van der Waals surface area contributed by atoms with E-state index < -0.39 is 0 Å². The van der Waals surface area contributed by atoms with Crippen molar-refractivity contribution in [1.29, 1.82) is 0 Å². The van der Waals surface area contributed by atoms with E-state index in [0.29, 0.717) is 12.7 Å². The first-order valence-electron chi connectivity index (χ1n) is 5.98. The zero-order valence-corrected chi connectivity index (χ0v) is 9.85. The summed E-state index contributed by atoms with van der Waals surface area (Å²) in [5, 5.41) is 0. The van der Waals surface area contributed by atoms with Crippen LogP contribution in [0.25, 0.3) is 0 Å². The van der Waals surface area contributed by atoms with Crippen molar-refractivity contribution < 1.29 is 14.2 Å². The predicted molar refractivity (Wildman–Crippen MR) is 62.4 cm³/mol. The quantitative estimate of drug-likeness (QED) is 0.731. The molecule has 2 rings (SSSR count). The average molecular weight is 224 g/mol. The van der Waals surface area contributed by atoms with Crippen molar-refractivity contribution >= 4 is 0 Å². The van der Waals surface area contributed by atoms with Crippen LogP contribution in [0.15, 0.2) is 23.8 Å². The van der Waals surface area contributed by atoms with Gasteiger partial charge in [-0.05, 0) is 24.8 Å². The van der Waals surface area contributed by atoms with Crippen molar-refractivity contribution in [1.82, 2.24) is 0 Å². The van der Waals surface area contributed by atoms with Crippen LogP contribution in [0.2, 0.25) is 0 Å². The monoisotopic (exact) mass is 224 g/mol. The van der Waals surface area contributed by atoms with E-state index in [1.807, 2.05) is 0 Å². The van der Waals surface area contributed by atoms with Crippen LogP contribution in [0.1, 0.15) is 19.3 Å². The van der Waals surface area contributed by atoms with Gasteiger partial charge in [0.2, 0.25) is 0 Å². The molecule has 0 bridgehead atoms. The van der Waals surface area contributed by atoms with Crippen LogP contribution in [-0.2, 0) is 14.2 Å². The third kappa shape index (κ3) is 3.44. The Morgan fingerprint density at radius 3 is 2.81 bits per heavy atom. The van der Waals surface area contributed by atoms with Crippen LogP contribution < -0.4 is 0 Å². The highest BCUT2D eigenvalue weighted by Crippen LogP contribution is 2.19. The molecule has 90 valence electrons. The molecule has 1 fully saturated rings. The van der Waals surface area contributed by atoms with Crippen LogP contribution in [0.5, 0.6) is 0 Å². The van der Waals surface area contributed by atoms with E-state index in [1.54, 1.807) is 7.11 Å². The molecule has 0 spiro atoms. The van der Waals surface area contributed by atoms with Gasteiger partial charge in [-0.15, -0.1) is 0 Å². The molecule has 0 aromatic heterocycles. The molecule has 1 saturated heterocycles. The molecule has 0 N–H and O–H groups in total. The second-order valence-electron chi connectivity index (χ2n) is 4.29. The topological polar surface area (TPSA) is 27.7 Å². The molecule has 0 aromatic carbocycles. The second kappa shape index (κ2) is 6.18. The molecule has 1 aliphatic carbocycles. The van der Waals surface area contributed by atoms with Gasteiger partial charge in [-0.25, -0.2) is 0 Å². The van der Waals surface area contributed by atoms with Crippen LogP contribution in [0.3, 0.4) is 0 Å². The van der Waals surface area contributed by atoms with Gasteiger partial charge >= 0.3 is 0 Å². The highest BCUT2D eigenvalue weighted by Gasteiger charge is 2.18. The lowest BCUT2D eigenvalue weighted by molar-refractivity contribution is -0.0527. The summed E-state index contributed by atoms with van der Waals surface area (Å²) >= 11 is 0. The van der Waals surface area contributed by atoms with Gasteiger partial charge in [-0.1, -0.05) is 18.2 Å². The van der Waals surface area contributed by atoms with Crippen LogP contribution in [0.4, 0.5) is 0 Å². The molecule has 0 saturated carbocycles. The predicted octanol–water partition coefficient (Wildman–Crippen LogP) is 2.08. The SMILES string of the molecule is COCC1=CCC(OC2CCOCC2)C=C1. The summed E-state index contributed by atoms with van der Waals surface area (Å²) in [7, 11) is 1.72. The van der Waals surface area contributed by atoms with Gasteiger partial charge in [-0.3, -0.25) is 0 Å². The summed E-state index contributed by atoms with van der Waals surface area (Å²) in [6.45, 7) is 2.37. The maximum absolute atomic E-state index is 6.01. The molecule has 0 amide bonds. The van der Waals surface area contributed by atoms with E-state index in [1.165, 1.54) is 5.57 Å². The first-order chi connectivity index (χ1) is 7.88. The molecule has 1 heterocycles. The van der Waals surface area contributed by atoms with E-state index in [-0.39, 0.29) is 6.10 Å². The van der Waals surface area contributed by atoms with Crippen molar-refractivity contribution in [2.24, 2.45) is 0 Å². The summed E-state index contributed by atoms with van der Waals surface area (Å²) < 4.78 is 16.4. The van der Waals surface area contributed by atoms with Crippen molar-refractivity contribution in [3.05, 3.63) is 23.8 Å². The Bertz CT molecular complexity index is 264. The Kier molecular flexibility index (Phi) is 4.57. The van der Waals surface area contributed by atoms with Crippen molar-refractivity contribution in [2.75, 3.05) is 26.9 Å². The molecular weight excluding hydrogens is 204 g/mol. The van der Waals surface area contributed by atoms with Crippen molar-refractivity contribution in [2.45, 2.75) is 31.5 Å². The normalized spacial score (nSPS) is 26.8. The fraction of sp³-hybridized carbons (Fsp3) is 0.692. The number of rotatable bonds is 4. The standard InChI is InChI=1S/C13H20O3/c1-14-10-11-2-4-12(5-3-11)16-13-6-8-15-9-7-13/h2-4,12-13H,5-10H2,1H3. The number of methoxy groups -OCH3 is 1. The minimum atomic E-state index is 0.240. The minimum absolute atomic E-state index is 0.240. The molecule has 1 unspecified atom stereocenters. The third-order valence-corrected chi connectivity index (χ3v) is 2.98. The first kappa shape index (κ1) is 11.8. The molecular formula is C13H20O3. The van der Waals surface area contributed by atoms with E-state index in [4.69, 9.17) is 14.2 Å². The number of ether oxygens (including phenoxy) is 3. The Labute approximate surface area is 97.1 Å². The Morgan fingerprint density at radius 1 is 1.38 bits per heavy atom. The Balaban J connectivity index is 1.74. The number of hydrogen-bond acceptors (Lipinski definition) is 3. The number of hydrogen-bond donors (Lipinski definition) is 0. The Morgan fingerprint density at radius 2 is 2.19 bits per heavy atom. The molecule has 2 aliphatic rings. The summed E-state index contributed by atoms with van der Waals surface area (Å²) in [5.74, 6) is 0. The molecule has 3 nitrogen and oxygen atoms in total. The van der Waals surface area contributed by atoms with Gasteiger partial charge < -0.3 is 14.2 Å². The maximum atomic E-state index is 6.01. The van der Waals surface area contributed by atoms with E-state index in [0.717, 1.165) is 32.5 Å². The summed E-state index contributed by atoms with van der Waals surface area (Å²) in [5.41, 5.74) is 1.24. The molecule has 0 radical (unpaired) electrons. The maximum Gasteiger partial charge on any atom is 0.0797 e. The highest BCUT2D eigenvalue weighted by atomic mass is 16.5. The van der Waals surface area contributed by atoms with Gasteiger partial charge in [-0.2, -0.15) is 0 Å². The van der Waals surface area contributed by atoms with Crippen LogP contribution in [0, 0.1) is 0 Å². The van der Waals surface area contributed by atoms with Crippen LogP contribution in [-0.4, -0.2) is 39.1 Å². The van der Waals surface area contributed by atoms with Crippen LogP contribution >= 0.6 is 0 Å². The smallest absolute Gasteiger partial charge is 0.0797 e. The van der Waals surface area contributed by atoms with Gasteiger partial charge in [0, 0.05) is 20.3 Å². The van der Waals surface area contributed by atoms with Gasteiger partial charge in [0.1, 0.15) is 0 Å². The van der Waals surface area contributed by atoms with E-state index in [2.05, 4.69) is 18.2 Å². The van der Waals surface area contributed by atoms with Gasteiger partial charge in [0.05, 0.1) is 18.8 Å². The zero-order chi connectivity index (χ0) is 11.2. The fourth-order valence-corrected chi connectivity index (χ4v) is 2.08. The Hall–Kier alpha value is -0.640. The largest absolute Gasteiger partial charge is 0.381 e. The van der Waals surface area contributed by atoms with E-state index >= 15 is 0 Å². The van der Waals surface area contributed by atoms with Crippen molar-refractivity contribution in [3.63, 3.8) is 0 Å². The lowest BCUT2D eigenvalue weighted by atomic mass is 10.0. The molecule has 3 heteroatoms. The fourth-order valence-electron chi connectivity index (χ4n) is 2.08. The molecule has 1 aliphatic heterocycles. The molecule has 0 aromatic rings. The minimum Gasteiger partial charge on any atom is -0.381 e. The zero-order valence-electron chi connectivity index (χ0n) is 9.85. The van der Waals surface area contributed by atoms with Crippen molar-refractivity contribution in [3.8, 4) is 0 Å². The van der Waals surface area contributed by atoms with Gasteiger partial charge in [0.15, 0.2) is 0 Å². The third-order valence-electron chi connectivity index (χ3n) is 2.98. The molecule has 16 heavy (non-hydrogen) atoms. The average Bonchev–Trinajstić information content (AvgIpc) is 2.33. The second-order valence-corrected chi connectivity index (χ2v) is 4.29.